The molecule has 196 valence electrons. The maximum atomic E-state index is 10.00. The van der Waals surface area contributed by atoms with Crippen molar-refractivity contribution >= 4 is 11.8 Å². The first kappa shape index (κ1) is 26.2. The van der Waals surface area contributed by atoms with Gasteiger partial charge in [-0.25, -0.2) is 0 Å². The smallest absolute Gasteiger partial charge is 0.126 e. The molecule has 0 radical (unpaired) electrons. The number of hydrogen-bond donors (Lipinski definition) is 1. The Balaban J connectivity index is 1.12. The normalized spacial score (nSPS) is 19.5. The molecule has 2 atom stereocenters. The predicted octanol–water partition coefficient (Wildman–Crippen LogP) is 8.23. The van der Waals surface area contributed by atoms with Crippen LogP contribution in [0.25, 0.3) is 0 Å². The van der Waals surface area contributed by atoms with Crippen LogP contribution in [0.4, 0.5) is 0 Å². The van der Waals surface area contributed by atoms with E-state index < -0.39 is 0 Å². The highest BCUT2D eigenvalue weighted by Crippen LogP contribution is 2.47. The van der Waals surface area contributed by atoms with Gasteiger partial charge in [-0.05, 0) is 80.4 Å². The maximum absolute atomic E-state index is 10.00. The van der Waals surface area contributed by atoms with Gasteiger partial charge < -0.3 is 14.7 Å². The van der Waals surface area contributed by atoms with Crippen LogP contribution < -0.4 is 4.74 Å². The highest BCUT2D eigenvalue weighted by atomic mass is 32.2. The molecule has 1 fully saturated rings. The highest BCUT2D eigenvalue weighted by Gasteiger charge is 2.33. The number of unbranched alkanes of at least 4 members (excludes halogenated alkanes) is 5. The summed E-state index contributed by atoms with van der Waals surface area (Å²) in [4.78, 5) is 3.98. The van der Waals surface area contributed by atoms with E-state index in [4.69, 9.17) is 4.74 Å². The lowest BCUT2D eigenvalue weighted by Gasteiger charge is -2.34. The third-order valence-corrected chi connectivity index (χ3v) is 9.05. The van der Waals surface area contributed by atoms with Crippen molar-refractivity contribution in [3.63, 3.8) is 0 Å². The molecule has 2 unspecified atom stereocenters. The molecule has 0 aliphatic carbocycles. The van der Waals surface area contributed by atoms with Crippen LogP contribution >= 0.6 is 11.8 Å². The number of rotatable bonds is 12. The van der Waals surface area contributed by atoms with Crippen molar-refractivity contribution in [2.75, 3.05) is 32.0 Å². The van der Waals surface area contributed by atoms with Gasteiger partial charge in [0.15, 0.2) is 0 Å². The minimum absolute atomic E-state index is 0.205. The fraction of sp³-hybridized carbons (Fsp3) is 0.455. The van der Waals surface area contributed by atoms with Crippen molar-refractivity contribution in [3.05, 3.63) is 89.5 Å². The van der Waals surface area contributed by atoms with Crippen LogP contribution in [-0.4, -0.2) is 42.0 Å². The number of benzene rings is 3. The van der Waals surface area contributed by atoms with Crippen LogP contribution in [0.15, 0.2) is 77.7 Å². The van der Waals surface area contributed by atoms with Crippen LogP contribution in [0.2, 0.25) is 0 Å². The van der Waals surface area contributed by atoms with Gasteiger partial charge in [0.1, 0.15) is 11.5 Å². The van der Waals surface area contributed by atoms with Gasteiger partial charge in [-0.2, -0.15) is 0 Å². The van der Waals surface area contributed by atoms with Crippen molar-refractivity contribution in [2.45, 2.75) is 68.1 Å². The minimum atomic E-state index is 0.205. The first-order chi connectivity index (χ1) is 18.3. The first-order valence-electron chi connectivity index (χ1n) is 14.2. The summed E-state index contributed by atoms with van der Waals surface area (Å²) in [7, 11) is 0. The molecule has 4 heteroatoms. The number of ether oxygens (including phenoxy) is 1. The summed E-state index contributed by atoms with van der Waals surface area (Å²) in [6, 6.07) is 25.4. The number of hydrogen-bond acceptors (Lipinski definition) is 4. The molecular formula is C33H41NO2S. The van der Waals surface area contributed by atoms with E-state index in [0.29, 0.717) is 6.61 Å². The summed E-state index contributed by atoms with van der Waals surface area (Å²) in [5.74, 6) is 2.69. The lowest BCUT2D eigenvalue weighted by atomic mass is 9.76. The van der Waals surface area contributed by atoms with E-state index in [0.717, 1.165) is 11.3 Å². The average molecular weight is 516 g/mol. The average Bonchev–Trinajstić information content (AvgIpc) is 3.46. The van der Waals surface area contributed by atoms with E-state index in [1.54, 1.807) is 12.1 Å². The number of fused-ring (bicyclic) bond motifs is 1. The molecule has 2 aliphatic heterocycles. The van der Waals surface area contributed by atoms with Crippen LogP contribution in [-0.2, 0) is 0 Å². The van der Waals surface area contributed by atoms with Gasteiger partial charge in [0.05, 0.1) is 6.61 Å². The summed E-state index contributed by atoms with van der Waals surface area (Å²) >= 11 is 1.98. The van der Waals surface area contributed by atoms with E-state index >= 15 is 0 Å². The van der Waals surface area contributed by atoms with Crippen molar-refractivity contribution in [3.8, 4) is 11.5 Å². The van der Waals surface area contributed by atoms with Gasteiger partial charge in [-0.1, -0.05) is 74.2 Å². The number of phenolic OH excluding ortho intramolecular Hbond substituents is 1. The monoisotopic (exact) mass is 515 g/mol. The molecule has 0 saturated carbocycles. The molecule has 2 aliphatic rings. The first-order valence-corrected chi connectivity index (χ1v) is 15.2. The van der Waals surface area contributed by atoms with Crippen molar-refractivity contribution in [1.82, 2.24) is 4.90 Å². The van der Waals surface area contributed by atoms with Crippen LogP contribution in [0.1, 0.15) is 79.9 Å². The number of thioether (sulfide) groups is 1. The second-order valence-electron chi connectivity index (χ2n) is 10.6. The zero-order chi connectivity index (χ0) is 25.3. The Morgan fingerprint density at radius 1 is 0.784 bits per heavy atom. The summed E-state index contributed by atoms with van der Waals surface area (Å²) in [5.41, 5.74) is 3.75. The standard InChI is InChI=1S/C33H41NO2S/c35-28-16-19-30-32(24-28)36-25-31(26-12-6-5-7-13-26)33(30)27-14-17-29(18-15-27)37-23-11-4-2-1-3-8-20-34-21-9-10-22-34/h5-7,12-19,24,31,33,35H,1-4,8-11,20-23,25H2. The Morgan fingerprint density at radius 3 is 2.30 bits per heavy atom. The Morgan fingerprint density at radius 2 is 1.51 bits per heavy atom. The van der Waals surface area contributed by atoms with Gasteiger partial charge in [0, 0.05) is 28.4 Å². The van der Waals surface area contributed by atoms with E-state index in [9.17, 15) is 5.11 Å². The molecule has 1 N–H and O–H groups in total. The molecule has 3 aromatic carbocycles. The molecule has 2 heterocycles. The highest BCUT2D eigenvalue weighted by molar-refractivity contribution is 7.99. The van der Waals surface area contributed by atoms with Gasteiger partial charge in [-0.3, -0.25) is 0 Å². The molecule has 0 aromatic heterocycles. The molecule has 0 bridgehead atoms. The summed E-state index contributed by atoms with van der Waals surface area (Å²) in [6.07, 6.45) is 11.0. The lowest BCUT2D eigenvalue weighted by Crippen LogP contribution is -2.25. The van der Waals surface area contributed by atoms with Crippen LogP contribution in [0, 0.1) is 0 Å². The quantitative estimate of drug-likeness (QED) is 0.194. The van der Waals surface area contributed by atoms with E-state index in [1.165, 1.54) is 92.8 Å². The predicted molar refractivity (Wildman–Crippen MR) is 155 cm³/mol. The Hall–Kier alpha value is -2.43. The number of nitrogens with zero attached hydrogens (tertiary/aromatic N) is 1. The van der Waals surface area contributed by atoms with E-state index in [1.807, 2.05) is 17.8 Å². The van der Waals surface area contributed by atoms with Gasteiger partial charge in [0.25, 0.3) is 0 Å². The molecule has 0 spiro atoms. The van der Waals surface area contributed by atoms with Gasteiger partial charge >= 0.3 is 0 Å². The fourth-order valence-electron chi connectivity index (χ4n) is 5.91. The largest absolute Gasteiger partial charge is 0.508 e. The molecule has 0 amide bonds. The third-order valence-electron chi connectivity index (χ3n) is 7.96. The second kappa shape index (κ2) is 13.4. The van der Waals surface area contributed by atoms with E-state index in [-0.39, 0.29) is 17.6 Å². The van der Waals surface area contributed by atoms with Crippen LogP contribution in [0.3, 0.4) is 0 Å². The molecule has 5 rings (SSSR count). The number of aromatic hydroxyl groups is 1. The molecule has 3 nitrogen and oxygen atoms in total. The zero-order valence-electron chi connectivity index (χ0n) is 22.0. The SMILES string of the molecule is Oc1ccc2c(c1)OCC(c1ccccc1)C2c1ccc(SCCCCCCCCN2CCCC2)cc1. The number of phenols is 1. The Labute approximate surface area is 227 Å². The lowest BCUT2D eigenvalue weighted by molar-refractivity contribution is 0.248. The van der Waals surface area contributed by atoms with Gasteiger partial charge in [0.2, 0.25) is 0 Å². The van der Waals surface area contributed by atoms with Crippen LogP contribution in [0.5, 0.6) is 11.5 Å². The topological polar surface area (TPSA) is 32.7 Å². The van der Waals surface area contributed by atoms with Crippen molar-refractivity contribution in [2.24, 2.45) is 0 Å². The fourth-order valence-corrected chi connectivity index (χ4v) is 6.82. The Bertz CT molecular complexity index is 1100. The summed E-state index contributed by atoms with van der Waals surface area (Å²) in [5, 5.41) is 10.00. The summed E-state index contributed by atoms with van der Waals surface area (Å²) in [6.45, 7) is 4.59. The molecule has 3 aromatic rings. The van der Waals surface area contributed by atoms with Crippen molar-refractivity contribution in [1.29, 1.82) is 0 Å². The second-order valence-corrected chi connectivity index (χ2v) is 11.8. The maximum Gasteiger partial charge on any atom is 0.126 e. The zero-order valence-corrected chi connectivity index (χ0v) is 22.8. The minimum Gasteiger partial charge on any atom is -0.508 e. The molecule has 37 heavy (non-hydrogen) atoms. The summed E-state index contributed by atoms with van der Waals surface area (Å²) < 4.78 is 6.11. The van der Waals surface area contributed by atoms with E-state index in [2.05, 4.69) is 59.5 Å². The third kappa shape index (κ3) is 7.12. The molecule has 1 saturated heterocycles. The number of likely N-dealkylation sites (tertiary alicyclic amines) is 1. The van der Waals surface area contributed by atoms with Crippen molar-refractivity contribution < 1.29 is 9.84 Å². The molecular weight excluding hydrogens is 474 g/mol. The van der Waals surface area contributed by atoms with Gasteiger partial charge in [-0.15, -0.1) is 11.8 Å². The Kier molecular flexibility index (Phi) is 9.48.